The van der Waals surface area contributed by atoms with Crippen LogP contribution in [-0.2, 0) is 4.74 Å². The number of ether oxygens (including phenoxy) is 1. The number of hydrogen-bond donors (Lipinski definition) is 1. The van der Waals surface area contributed by atoms with Crippen molar-refractivity contribution in [1.82, 2.24) is 0 Å². The standard InChI is InChI=1S/C6H10O2/c7-5-3-6(1-2-6)8-4-5/h5,7H,1-4H2. The van der Waals surface area contributed by atoms with Crippen molar-refractivity contribution in [2.24, 2.45) is 0 Å². The van der Waals surface area contributed by atoms with E-state index in [9.17, 15) is 0 Å². The van der Waals surface area contributed by atoms with Crippen LogP contribution in [0, 0.1) is 0 Å². The van der Waals surface area contributed by atoms with E-state index in [2.05, 4.69) is 0 Å². The maximum atomic E-state index is 8.98. The van der Waals surface area contributed by atoms with Crippen molar-refractivity contribution in [1.29, 1.82) is 0 Å². The minimum Gasteiger partial charge on any atom is -0.391 e. The summed E-state index contributed by atoms with van der Waals surface area (Å²) in [5.41, 5.74) is 0.166. The highest BCUT2D eigenvalue weighted by atomic mass is 16.5. The van der Waals surface area contributed by atoms with E-state index < -0.39 is 0 Å². The summed E-state index contributed by atoms with van der Waals surface area (Å²) in [4.78, 5) is 0. The predicted octanol–water partition coefficient (Wildman–Crippen LogP) is 0.300. The van der Waals surface area contributed by atoms with Crippen LogP contribution in [-0.4, -0.2) is 23.4 Å². The third-order valence-corrected chi connectivity index (χ3v) is 2.00. The van der Waals surface area contributed by atoms with Crippen LogP contribution in [0.3, 0.4) is 0 Å². The lowest BCUT2D eigenvalue weighted by Crippen LogP contribution is -2.05. The second-order valence-corrected chi connectivity index (χ2v) is 2.85. The lowest BCUT2D eigenvalue weighted by Gasteiger charge is -2.00. The normalized spacial score (nSPS) is 40.9. The highest BCUT2D eigenvalue weighted by molar-refractivity contribution is 5.00. The molecule has 8 heavy (non-hydrogen) atoms. The van der Waals surface area contributed by atoms with Gasteiger partial charge in [0.25, 0.3) is 0 Å². The molecule has 1 aliphatic carbocycles. The number of hydrogen-bond acceptors (Lipinski definition) is 2. The summed E-state index contributed by atoms with van der Waals surface area (Å²) in [6.45, 7) is 0.569. The smallest absolute Gasteiger partial charge is 0.0801 e. The molecule has 46 valence electrons. The van der Waals surface area contributed by atoms with E-state index in [0.29, 0.717) is 6.61 Å². The molecule has 0 bridgehead atoms. The quantitative estimate of drug-likeness (QED) is 0.490. The first-order valence-electron chi connectivity index (χ1n) is 3.13. The third-order valence-electron chi connectivity index (χ3n) is 2.00. The van der Waals surface area contributed by atoms with Gasteiger partial charge in [-0.05, 0) is 12.8 Å². The molecule has 1 spiro atoms. The molecule has 1 saturated carbocycles. The van der Waals surface area contributed by atoms with Gasteiger partial charge in [-0.3, -0.25) is 0 Å². The van der Waals surface area contributed by atoms with Gasteiger partial charge in [0.2, 0.25) is 0 Å². The van der Waals surface area contributed by atoms with E-state index >= 15 is 0 Å². The van der Waals surface area contributed by atoms with Crippen molar-refractivity contribution in [3.8, 4) is 0 Å². The fourth-order valence-electron chi connectivity index (χ4n) is 1.31. The molecule has 2 nitrogen and oxygen atoms in total. The highest BCUT2D eigenvalue weighted by Gasteiger charge is 2.49. The van der Waals surface area contributed by atoms with Gasteiger partial charge in [0.05, 0.1) is 18.3 Å². The maximum absolute atomic E-state index is 8.98. The summed E-state index contributed by atoms with van der Waals surface area (Å²) in [5.74, 6) is 0. The molecule has 0 amide bonds. The summed E-state index contributed by atoms with van der Waals surface area (Å²) in [7, 11) is 0. The molecule has 0 radical (unpaired) electrons. The van der Waals surface area contributed by atoms with E-state index in [1.54, 1.807) is 0 Å². The summed E-state index contributed by atoms with van der Waals surface area (Å²) < 4.78 is 5.31. The first kappa shape index (κ1) is 4.77. The van der Waals surface area contributed by atoms with Crippen molar-refractivity contribution in [2.75, 3.05) is 6.61 Å². The van der Waals surface area contributed by atoms with Crippen LogP contribution in [0.5, 0.6) is 0 Å². The van der Waals surface area contributed by atoms with Gasteiger partial charge in [0.1, 0.15) is 0 Å². The molecule has 1 unspecified atom stereocenters. The molecule has 2 heteroatoms. The van der Waals surface area contributed by atoms with E-state index in [0.717, 1.165) is 6.42 Å². The van der Waals surface area contributed by atoms with Gasteiger partial charge >= 0.3 is 0 Å². The Labute approximate surface area is 48.5 Å². The molecule has 1 aliphatic heterocycles. The SMILES string of the molecule is OC1COC2(CC2)C1. The van der Waals surface area contributed by atoms with Gasteiger partial charge in [0.15, 0.2) is 0 Å². The predicted molar refractivity (Wildman–Crippen MR) is 28.5 cm³/mol. The molecule has 2 rings (SSSR count). The average molecular weight is 114 g/mol. The van der Waals surface area contributed by atoms with Crippen LogP contribution < -0.4 is 0 Å². The Morgan fingerprint density at radius 2 is 2.25 bits per heavy atom. The molecular formula is C6H10O2. The molecule has 0 aromatic carbocycles. The third kappa shape index (κ3) is 0.565. The van der Waals surface area contributed by atoms with Crippen molar-refractivity contribution in [3.63, 3.8) is 0 Å². The zero-order valence-corrected chi connectivity index (χ0v) is 4.76. The van der Waals surface area contributed by atoms with Crippen LogP contribution in [0.2, 0.25) is 0 Å². The van der Waals surface area contributed by atoms with Crippen molar-refractivity contribution >= 4 is 0 Å². The largest absolute Gasteiger partial charge is 0.391 e. The maximum Gasteiger partial charge on any atom is 0.0801 e. The Morgan fingerprint density at radius 1 is 1.50 bits per heavy atom. The van der Waals surface area contributed by atoms with Crippen molar-refractivity contribution in [2.45, 2.75) is 31.0 Å². The Hall–Kier alpha value is -0.0800. The van der Waals surface area contributed by atoms with Crippen LogP contribution in [0.25, 0.3) is 0 Å². The summed E-state index contributed by atoms with van der Waals surface area (Å²) in [6.07, 6.45) is 3.05. The summed E-state index contributed by atoms with van der Waals surface area (Å²) in [5, 5.41) is 8.98. The van der Waals surface area contributed by atoms with Crippen molar-refractivity contribution < 1.29 is 9.84 Å². The Kier molecular flexibility index (Phi) is 0.746. The monoisotopic (exact) mass is 114 g/mol. The van der Waals surface area contributed by atoms with Crippen LogP contribution in [0.4, 0.5) is 0 Å². The van der Waals surface area contributed by atoms with E-state index in [-0.39, 0.29) is 11.7 Å². The molecule has 1 saturated heterocycles. The first-order valence-corrected chi connectivity index (χ1v) is 3.13. The van der Waals surface area contributed by atoms with Gasteiger partial charge < -0.3 is 9.84 Å². The van der Waals surface area contributed by atoms with E-state index in [1.165, 1.54) is 12.8 Å². The molecule has 1 atom stereocenters. The van der Waals surface area contributed by atoms with Crippen LogP contribution in [0.15, 0.2) is 0 Å². The summed E-state index contributed by atoms with van der Waals surface area (Å²) in [6, 6.07) is 0. The molecule has 1 N–H and O–H groups in total. The lowest BCUT2D eigenvalue weighted by molar-refractivity contribution is 0.0746. The average Bonchev–Trinajstić information content (AvgIpc) is 2.34. The second-order valence-electron chi connectivity index (χ2n) is 2.85. The minimum atomic E-state index is -0.169. The second kappa shape index (κ2) is 1.25. The zero-order chi connectivity index (χ0) is 5.61. The fraction of sp³-hybridized carbons (Fsp3) is 1.00. The molecule has 0 aromatic rings. The van der Waals surface area contributed by atoms with Crippen molar-refractivity contribution in [3.05, 3.63) is 0 Å². The molecule has 0 aromatic heterocycles. The van der Waals surface area contributed by atoms with E-state index in [1.807, 2.05) is 0 Å². The molecule has 1 heterocycles. The van der Waals surface area contributed by atoms with Gasteiger partial charge in [-0.1, -0.05) is 0 Å². The minimum absolute atomic E-state index is 0.166. The van der Waals surface area contributed by atoms with Crippen LogP contribution >= 0.6 is 0 Å². The van der Waals surface area contributed by atoms with Gasteiger partial charge in [-0.25, -0.2) is 0 Å². The molecule has 2 aliphatic rings. The number of rotatable bonds is 0. The highest BCUT2D eigenvalue weighted by Crippen LogP contribution is 2.47. The number of aliphatic hydroxyl groups is 1. The van der Waals surface area contributed by atoms with Gasteiger partial charge in [-0.15, -0.1) is 0 Å². The topological polar surface area (TPSA) is 29.5 Å². The van der Waals surface area contributed by atoms with Gasteiger partial charge in [0, 0.05) is 6.42 Å². The first-order chi connectivity index (χ1) is 3.81. The Balaban J connectivity index is 2.03. The lowest BCUT2D eigenvalue weighted by atomic mass is 10.2. The van der Waals surface area contributed by atoms with E-state index in [4.69, 9.17) is 9.84 Å². The van der Waals surface area contributed by atoms with Crippen LogP contribution in [0.1, 0.15) is 19.3 Å². The molecule has 2 fully saturated rings. The van der Waals surface area contributed by atoms with Gasteiger partial charge in [-0.2, -0.15) is 0 Å². The summed E-state index contributed by atoms with van der Waals surface area (Å²) >= 11 is 0. The zero-order valence-electron chi connectivity index (χ0n) is 4.76. The Morgan fingerprint density at radius 3 is 2.50 bits per heavy atom. The molecular weight excluding hydrogens is 104 g/mol. The number of aliphatic hydroxyl groups excluding tert-OH is 1. The Bertz CT molecular complexity index is 107. The fourth-order valence-corrected chi connectivity index (χ4v) is 1.31.